The van der Waals surface area contributed by atoms with Crippen molar-refractivity contribution in [3.05, 3.63) is 90.6 Å². The van der Waals surface area contributed by atoms with Gasteiger partial charge in [0.1, 0.15) is 0 Å². The Bertz CT molecular complexity index is 856. The van der Waals surface area contributed by atoms with Crippen molar-refractivity contribution in [2.75, 3.05) is 6.54 Å². The maximum Gasteiger partial charge on any atom is 0.315 e. The molecule has 0 saturated carbocycles. The molecule has 5 heteroatoms. The predicted molar refractivity (Wildman–Crippen MR) is 104 cm³/mol. The molecular formula is C21H22N4O. The molecule has 0 fully saturated rings. The Kier molecular flexibility index (Phi) is 5.83. The van der Waals surface area contributed by atoms with Crippen LogP contribution in [0.3, 0.4) is 0 Å². The van der Waals surface area contributed by atoms with Crippen molar-refractivity contribution >= 4 is 6.03 Å². The minimum absolute atomic E-state index is 0.222. The number of benzene rings is 2. The number of nitrogens with zero attached hydrogens (tertiary/aromatic N) is 2. The van der Waals surface area contributed by atoms with E-state index in [0.717, 1.165) is 16.8 Å². The summed E-state index contributed by atoms with van der Waals surface area (Å²) in [6, 6.07) is 20.0. The van der Waals surface area contributed by atoms with Gasteiger partial charge in [0, 0.05) is 30.4 Å². The Morgan fingerprint density at radius 3 is 2.42 bits per heavy atom. The molecule has 0 aliphatic carbocycles. The van der Waals surface area contributed by atoms with Crippen LogP contribution in [0.25, 0.3) is 11.3 Å². The molecule has 0 saturated heterocycles. The predicted octanol–water partition coefficient (Wildman–Crippen LogP) is 3.58. The summed E-state index contributed by atoms with van der Waals surface area (Å²) in [6.45, 7) is 5.12. The fourth-order valence-electron chi connectivity index (χ4n) is 2.69. The van der Waals surface area contributed by atoms with Crippen LogP contribution in [-0.2, 0) is 13.1 Å². The first-order valence-corrected chi connectivity index (χ1v) is 8.54. The minimum atomic E-state index is -0.222. The highest BCUT2D eigenvalue weighted by molar-refractivity contribution is 5.74. The highest BCUT2D eigenvalue weighted by Crippen LogP contribution is 2.22. The number of urea groups is 1. The average Bonchev–Trinajstić information content (AvgIpc) is 3.09. The molecule has 132 valence electrons. The van der Waals surface area contributed by atoms with Gasteiger partial charge >= 0.3 is 6.03 Å². The summed E-state index contributed by atoms with van der Waals surface area (Å²) in [7, 11) is 0. The molecular weight excluding hydrogens is 324 g/mol. The summed E-state index contributed by atoms with van der Waals surface area (Å²) < 4.78 is 1.91. The molecule has 0 aliphatic heterocycles. The zero-order valence-corrected chi connectivity index (χ0v) is 14.6. The van der Waals surface area contributed by atoms with E-state index in [1.165, 1.54) is 5.56 Å². The van der Waals surface area contributed by atoms with Crippen LogP contribution in [0.5, 0.6) is 0 Å². The first kappa shape index (κ1) is 17.5. The highest BCUT2D eigenvalue weighted by atomic mass is 16.2. The molecule has 5 nitrogen and oxygen atoms in total. The number of amides is 2. The van der Waals surface area contributed by atoms with Crippen LogP contribution >= 0.6 is 0 Å². The van der Waals surface area contributed by atoms with Crippen molar-refractivity contribution in [2.24, 2.45) is 0 Å². The van der Waals surface area contributed by atoms with Crippen LogP contribution in [0.4, 0.5) is 4.79 Å². The van der Waals surface area contributed by atoms with Crippen molar-refractivity contribution in [2.45, 2.75) is 13.1 Å². The normalized spacial score (nSPS) is 10.3. The van der Waals surface area contributed by atoms with Gasteiger partial charge in [0.2, 0.25) is 0 Å². The molecule has 0 atom stereocenters. The average molecular weight is 346 g/mol. The summed E-state index contributed by atoms with van der Waals surface area (Å²) in [5, 5.41) is 10.3. The maximum atomic E-state index is 11.8. The van der Waals surface area contributed by atoms with Crippen molar-refractivity contribution in [3.8, 4) is 11.3 Å². The summed E-state index contributed by atoms with van der Waals surface area (Å²) in [5.41, 5.74) is 4.06. The van der Waals surface area contributed by atoms with E-state index in [9.17, 15) is 4.79 Å². The lowest BCUT2D eigenvalue weighted by molar-refractivity contribution is 0.241. The molecule has 3 rings (SSSR count). The molecule has 0 radical (unpaired) electrons. The standard InChI is InChI=1S/C21H22N4O/c1-2-13-22-21(26)23-14-19-16-25(15-17-9-5-3-6-10-17)24-20(19)18-11-7-4-8-12-18/h2-12,16H,1,13-15H2,(H2,22,23,26). The smallest absolute Gasteiger partial charge is 0.315 e. The molecule has 2 aromatic carbocycles. The second-order valence-electron chi connectivity index (χ2n) is 5.90. The second-order valence-corrected chi connectivity index (χ2v) is 5.90. The van der Waals surface area contributed by atoms with E-state index >= 15 is 0 Å². The van der Waals surface area contributed by atoms with E-state index in [4.69, 9.17) is 5.10 Å². The van der Waals surface area contributed by atoms with Crippen LogP contribution in [0, 0.1) is 0 Å². The van der Waals surface area contributed by atoms with Gasteiger partial charge < -0.3 is 10.6 Å². The topological polar surface area (TPSA) is 59.0 Å². The molecule has 1 heterocycles. The lowest BCUT2D eigenvalue weighted by Crippen LogP contribution is -2.35. The highest BCUT2D eigenvalue weighted by Gasteiger charge is 2.12. The van der Waals surface area contributed by atoms with Gasteiger partial charge in [-0.25, -0.2) is 4.79 Å². The Morgan fingerprint density at radius 2 is 1.73 bits per heavy atom. The third-order valence-electron chi connectivity index (χ3n) is 3.92. The molecule has 0 bridgehead atoms. The summed E-state index contributed by atoms with van der Waals surface area (Å²) in [4.78, 5) is 11.8. The van der Waals surface area contributed by atoms with Gasteiger partial charge in [0.25, 0.3) is 0 Å². The molecule has 1 aromatic heterocycles. The number of rotatable bonds is 7. The lowest BCUT2D eigenvalue weighted by atomic mass is 10.1. The first-order valence-electron chi connectivity index (χ1n) is 8.54. The minimum Gasteiger partial charge on any atom is -0.335 e. The summed E-state index contributed by atoms with van der Waals surface area (Å²) in [5.74, 6) is 0. The van der Waals surface area contributed by atoms with Gasteiger partial charge in [-0.1, -0.05) is 66.7 Å². The first-order chi connectivity index (χ1) is 12.8. The molecule has 26 heavy (non-hydrogen) atoms. The van der Waals surface area contributed by atoms with Crippen molar-refractivity contribution < 1.29 is 4.79 Å². The third-order valence-corrected chi connectivity index (χ3v) is 3.92. The van der Waals surface area contributed by atoms with Gasteiger partial charge in [-0.3, -0.25) is 4.68 Å². The number of carbonyl (C=O) groups excluding carboxylic acids is 1. The van der Waals surface area contributed by atoms with Gasteiger partial charge in [0.15, 0.2) is 0 Å². The third kappa shape index (κ3) is 4.60. The van der Waals surface area contributed by atoms with E-state index in [1.54, 1.807) is 6.08 Å². The van der Waals surface area contributed by atoms with Crippen LogP contribution in [0.15, 0.2) is 79.5 Å². The molecule has 2 amide bonds. The summed E-state index contributed by atoms with van der Waals surface area (Å²) >= 11 is 0. The van der Waals surface area contributed by atoms with Gasteiger partial charge in [-0.2, -0.15) is 5.10 Å². The van der Waals surface area contributed by atoms with E-state index in [1.807, 2.05) is 59.4 Å². The van der Waals surface area contributed by atoms with Crippen molar-refractivity contribution in [1.29, 1.82) is 0 Å². The Hall–Kier alpha value is -3.34. The fraction of sp³-hybridized carbons (Fsp3) is 0.143. The second kappa shape index (κ2) is 8.67. The van der Waals surface area contributed by atoms with E-state index in [0.29, 0.717) is 19.6 Å². The van der Waals surface area contributed by atoms with Crippen molar-refractivity contribution in [3.63, 3.8) is 0 Å². The Labute approximate surface area is 153 Å². The summed E-state index contributed by atoms with van der Waals surface area (Å²) in [6.07, 6.45) is 3.63. The molecule has 2 N–H and O–H groups in total. The molecule has 0 unspecified atom stereocenters. The monoisotopic (exact) mass is 346 g/mol. The van der Waals surface area contributed by atoms with Crippen LogP contribution in [0.2, 0.25) is 0 Å². The number of nitrogens with one attached hydrogen (secondary N) is 2. The molecule has 3 aromatic rings. The largest absolute Gasteiger partial charge is 0.335 e. The van der Waals surface area contributed by atoms with Gasteiger partial charge in [-0.05, 0) is 5.56 Å². The van der Waals surface area contributed by atoms with E-state index < -0.39 is 0 Å². The van der Waals surface area contributed by atoms with Gasteiger partial charge in [0.05, 0.1) is 12.2 Å². The lowest BCUT2D eigenvalue weighted by Gasteiger charge is -2.06. The molecule has 0 spiro atoms. The van der Waals surface area contributed by atoms with Crippen LogP contribution < -0.4 is 10.6 Å². The zero-order chi connectivity index (χ0) is 18.2. The number of hydrogen-bond donors (Lipinski definition) is 2. The van der Waals surface area contributed by atoms with Gasteiger partial charge in [-0.15, -0.1) is 6.58 Å². The number of aromatic nitrogens is 2. The zero-order valence-electron chi connectivity index (χ0n) is 14.6. The maximum absolute atomic E-state index is 11.8. The van der Waals surface area contributed by atoms with E-state index in [2.05, 4.69) is 29.3 Å². The van der Waals surface area contributed by atoms with Crippen molar-refractivity contribution in [1.82, 2.24) is 20.4 Å². The van der Waals surface area contributed by atoms with Crippen LogP contribution in [0.1, 0.15) is 11.1 Å². The number of hydrogen-bond acceptors (Lipinski definition) is 2. The Morgan fingerprint density at radius 1 is 1.04 bits per heavy atom. The number of carbonyl (C=O) groups is 1. The Balaban J connectivity index is 1.81. The van der Waals surface area contributed by atoms with Crippen LogP contribution in [-0.4, -0.2) is 22.4 Å². The molecule has 0 aliphatic rings. The van der Waals surface area contributed by atoms with E-state index in [-0.39, 0.29) is 6.03 Å². The SMILES string of the molecule is C=CCNC(=O)NCc1cn(Cc2ccccc2)nc1-c1ccccc1. The quantitative estimate of drug-likeness (QED) is 0.643. The fourth-order valence-corrected chi connectivity index (χ4v) is 2.69.